The summed E-state index contributed by atoms with van der Waals surface area (Å²) in [7, 11) is -2.56. The topological polar surface area (TPSA) is 52.6 Å². The third kappa shape index (κ3) is 3.38. The maximum Gasteiger partial charge on any atom is 0.636 e. The van der Waals surface area contributed by atoms with E-state index in [1.165, 1.54) is 18.2 Å². The summed E-state index contributed by atoms with van der Waals surface area (Å²) in [5, 5.41) is 0. The lowest BCUT2D eigenvalue weighted by atomic mass is 10.3. The van der Waals surface area contributed by atoms with Gasteiger partial charge in [-0.1, -0.05) is 12.1 Å². The Balaban J connectivity index is 2.67. The minimum Gasteiger partial charge on any atom is -0.383 e. The Labute approximate surface area is 86.9 Å². The average molecular weight is 231 g/mol. The molecule has 6 heteroatoms. The van der Waals surface area contributed by atoms with Crippen LogP contribution in [0.3, 0.4) is 0 Å². The van der Waals surface area contributed by atoms with Crippen LogP contribution in [-0.2, 0) is 9.09 Å². The van der Waals surface area contributed by atoms with Gasteiger partial charge in [-0.2, -0.15) is 4.79 Å². The number of hydrogen-bond acceptors (Lipinski definition) is 4. The van der Waals surface area contributed by atoms with E-state index in [1.54, 1.807) is 6.92 Å². The average Bonchev–Trinajstić information content (AvgIpc) is 2.21. The van der Waals surface area contributed by atoms with Gasteiger partial charge in [-0.3, -0.25) is 0 Å². The van der Waals surface area contributed by atoms with Crippen molar-refractivity contribution in [1.82, 2.24) is 0 Å². The number of halogens is 1. The lowest BCUT2D eigenvalue weighted by molar-refractivity contribution is 0.216. The van der Waals surface area contributed by atoms with E-state index in [-0.39, 0.29) is 12.4 Å². The minimum atomic E-state index is -2.56. The minimum absolute atomic E-state index is 0.127. The van der Waals surface area contributed by atoms with Gasteiger partial charge in [-0.15, -0.1) is 4.52 Å². The predicted molar refractivity (Wildman–Crippen MR) is 51.7 cm³/mol. The Kier molecular flexibility index (Phi) is 4.34. The van der Waals surface area contributed by atoms with E-state index in [0.717, 1.165) is 6.07 Å². The molecule has 0 N–H and O–H groups in total. The maximum atomic E-state index is 13.0. The lowest BCUT2D eigenvalue weighted by Gasteiger charge is -1.97. The first kappa shape index (κ1) is 11.8. The van der Waals surface area contributed by atoms with Crippen LogP contribution in [0.4, 0.5) is 9.18 Å². The molecule has 4 nitrogen and oxygen atoms in total. The van der Waals surface area contributed by atoms with Crippen LogP contribution in [0, 0.1) is 5.82 Å². The molecule has 1 unspecified atom stereocenters. The molecule has 0 saturated carbocycles. The number of para-hydroxylation sites is 1. The quantitative estimate of drug-likeness (QED) is 0.747. The molecular weight excluding hydrogens is 222 g/mol. The monoisotopic (exact) mass is 231 g/mol. The predicted octanol–water partition coefficient (Wildman–Crippen LogP) is 3.10. The van der Waals surface area contributed by atoms with E-state index < -0.39 is 19.6 Å². The molecule has 0 spiro atoms. The molecule has 15 heavy (non-hydrogen) atoms. The van der Waals surface area contributed by atoms with Crippen molar-refractivity contribution in [2.24, 2.45) is 0 Å². The fraction of sp³-hybridized carbons (Fsp3) is 0.222. The molecule has 0 saturated heterocycles. The van der Waals surface area contributed by atoms with Gasteiger partial charge in [0, 0.05) is 0 Å². The highest BCUT2D eigenvalue weighted by atomic mass is 31.1. The van der Waals surface area contributed by atoms with Crippen molar-refractivity contribution in [2.75, 3.05) is 6.61 Å². The summed E-state index contributed by atoms with van der Waals surface area (Å²) in [5.41, 5.74) is -1.09. The van der Waals surface area contributed by atoms with E-state index >= 15 is 0 Å². The van der Waals surface area contributed by atoms with Crippen LogP contribution in [0.15, 0.2) is 24.3 Å². The van der Waals surface area contributed by atoms with Gasteiger partial charge in [0.1, 0.15) is 6.61 Å². The van der Waals surface area contributed by atoms with Crippen molar-refractivity contribution < 1.29 is 23.0 Å². The third-order valence-electron chi connectivity index (χ3n) is 1.43. The summed E-state index contributed by atoms with van der Waals surface area (Å²) in [4.78, 5) is 11.1. The Morgan fingerprint density at radius 1 is 1.47 bits per heavy atom. The van der Waals surface area contributed by atoms with Gasteiger partial charge < -0.3 is 4.74 Å². The highest BCUT2D eigenvalue weighted by Gasteiger charge is 2.34. The fourth-order valence-corrected chi connectivity index (χ4v) is 1.34. The number of rotatable bonds is 4. The van der Waals surface area contributed by atoms with E-state index in [9.17, 15) is 13.8 Å². The van der Waals surface area contributed by atoms with Crippen molar-refractivity contribution in [3.8, 4) is 5.75 Å². The zero-order chi connectivity index (χ0) is 11.3. The summed E-state index contributed by atoms with van der Waals surface area (Å²) in [6.45, 7) is 1.71. The molecule has 0 aromatic heterocycles. The van der Waals surface area contributed by atoms with Crippen molar-refractivity contribution >= 4 is 13.7 Å². The van der Waals surface area contributed by atoms with Crippen LogP contribution in [0.5, 0.6) is 5.75 Å². The molecule has 0 amide bonds. The molecule has 0 aliphatic rings. The molecule has 0 radical (unpaired) electrons. The summed E-state index contributed by atoms with van der Waals surface area (Å²) < 4.78 is 33.0. The summed E-state index contributed by atoms with van der Waals surface area (Å²) >= 11 is 0. The number of hydrogen-bond donors (Lipinski definition) is 0. The smallest absolute Gasteiger partial charge is 0.383 e. The molecule has 0 fully saturated rings. The normalized spacial score (nSPS) is 10.9. The zero-order valence-corrected chi connectivity index (χ0v) is 8.87. The van der Waals surface area contributed by atoms with Gasteiger partial charge in [0.25, 0.3) is 0 Å². The Bertz CT molecular complexity index is 380. The zero-order valence-electron chi connectivity index (χ0n) is 7.97. The first-order valence-corrected chi connectivity index (χ1v) is 5.39. The number of benzene rings is 1. The standard InChI is InChI=1S/C9H9FO4P/c1-2-13-15(12)9(11)14-8-6-4-3-5-7(8)10/h3-6H,2H2,1H3/q+1. The molecule has 1 rings (SSSR count). The van der Waals surface area contributed by atoms with Gasteiger partial charge in [-0.25, -0.2) is 4.39 Å². The van der Waals surface area contributed by atoms with Crippen LogP contribution in [-0.4, -0.2) is 12.3 Å². The van der Waals surface area contributed by atoms with Gasteiger partial charge in [-0.05, 0) is 23.6 Å². The number of carbonyl (C=O) groups excluding carboxylic acids is 1. The second-order valence-corrected chi connectivity index (χ2v) is 3.61. The van der Waals surface area contributed by atoms with Crippen molar-refractivity contribution in [1.29, 1.82) is 0 Å². The second-order valence-electron chi connectivity index (χ2n) is 2.47. The molecule has 0 bridgehead atoms. The first-order chi connectivity index (χ1) is 7.15. The second kappa shape index (κ2) is 5.53. The summed E-state index contributed by atoms with van der Waals surface area (Å²) in [5.74, 6) is -0.948. The molecule has 1 aromatic carbocycles. The van der Waals surface area contributed by atoms with Crippen molar-refractivity contribution in [3.05, 3.63) is 30.1 Å². The summed E-state index contributed by atoms with van der Waals surface area (Å²) in [6, 6.07) is 5.35. The van der Waals surface area contributed by atoms with Crippen LogP contribution in [0.1, 0.15) is 6.92 Å². The van der Waals surface area contributed by atoms with Gasteiger partial charge in [0.05, 0.1) is 0 Å². The fourth-order valence-electron chi connectivity index (χ4n) is 0.829. The Morgan fingerprint density at radius 2 is 2.13 bits per heavy atom. The van der Waals surface area contributed by atoms with Crippen LogP contribution in [0.2, 0.25) is 0 Å². The van der Waals surface area contributed by atoms with E-state index in [0.29, 0.717) is 0 Å². The van der Waals surface area contributed by atoms with Gasteiger partial charge in [0.2, 0.25) is 0 Å². The highest BCUT2D eigenvalue weighted by molar-refractivity contribution is 7.58. The van der Waals surface area contributed by atoms with Crippen molar-refractivity contribution in [3.63, 3.8) is 0 Å². The molecule has 0 aliphatic carbocycles. The Morgan fingerprint density at radius 3 is 2.73 bits per heavy atom. The van der Waals surface area contributed by atoms with Crippen LogP contribution in [0.25, 0.3) is 0 Å². The van der Waals surface area contributed by atoms with E-state index in [2.05, 4.69) is 9.26 Å². The van der Waals surface area contributed by atoms with Crippen molar-refractivity contribution in [2.45, 2.75) is 6.92 Å². The SMILES string of the molecule is CCO[P+](=O)C(=O)Oc1ccccc1F. The van der Waals surface area contributed by atoms with Crippen LogP contribution >= 0.6 is 8.03 Å². The molecule has 0 aliphatic heterocycles. The first-order valence-electron chi connectivity index (χ1n) is 4.21. The van der Waals surface area contributed by atoms with Gasteiger partial charge >= 0.3 is 13.7 Å². The van der Waals surface area contributed by atoms with Gasteiger partial charge in [0.15, 0.2) is 11.6 Å². The van der Waals surface area contributed by atoms with E-state index in [4.69, 9.17) is 0 Å². The molecule has 0 heterocycles. The van der Waals surface area contributed by atoms with Crippen LogP contribution < -0.4 is 4.74 Å². The molecular formula is C9H9FO4P+. The molecule has 80 valence electrons. The molecule has 1 aromatic rings. The number of ether oxygens (including phenoxy) is 1. The maximum absolute atomic E-state index is 13.0. The third-order valence-corrected chi connectivity index (χ3v) is 2.31. The Hall–Kier alpha value is -1.32. The van der Waals surface area contributed by atoms with E-state index in [1.807, 2.05) is 0 Å². The highest BCUT2D eigenvalue weighted by Crippen LogP contribution is 2.27. The lowest BCUT2D eigenvalue weighted by Crippen LogP contribution is -2.03. The largest absolute Gasteiger partial charge is 0.636 e. The number of carbonyl (C=O) groups is 1. The summed E-state index contributed by atoms with van der Waals surface area (Å²) in [6.07, 6.45) is 0. The molecule has 1 atom stereocenters.